The molecule has 0 spiro atoms. The van der Waals surface area contributed by atoms with Crippen LogP contribution in [0.4, 0.5) is 0 Å². The lowest BCUT2D eigenvalue weighted by atomic mass is 10.1. The normalized spacial score (nSPS) is 12.2. The molecule has 1 atom stereocenters. The Morgan fingerprint density at radius 1 is 1.33 bits per heavy atom. The smallest absolute Gasteiger partial charge is 0.148 e. The maximum atomic E-state index is 5.89. The number of hydrogen-bond donors (Lipinski definition) is 1. The zero-order valence-corrected chi connectivity index (χ0v) is 14.3. The number of nitrogens with one attached hydrogen (secondary N) is 1. The lowest BCUT2D eigenvalue weighted by Gasteiger charge is -2.16. The van der Waals surface area contributed by atoms with Gasteiger partial charge in [-0.05, 0) is 56.6 Å². The van der Waals surface area contributed by atoms with Crippen LogP contribution in [-0.2, 0) is 0 Å². The van der Waals surface area contributed by atoms with Crippen molar-refractivity contribution in [1.82, 2.24) is 10.3 Å². The van der Waals surface area contributed by atoms with Crippen LogP contribution in [0.5, 0.6) is 11.5 Å². The summed E-state index contributed by atoms with van der Waals surface area (Å²) in [4.78, 5) is 4.23. The van der Waals surface area contributed by atoms with Crippen LogP contribution in [0.15, 0.2) is 41.0 Å². The highest BCUT2D eigenvalue weighted by Crippen LogP contribution is 2.30. The molecule has 0 saturated heterocycles. The van der Waals surface area contributed by atoms with Crippen molar-refractivity contribution < 1.29 is 4.74 Å². The summed E-state index contributed by atoms with van der Waals surface area (Å²) in [6, 6.07) is 10.2. The molecule has 1 aromatic heterocycles. The molecule has 0 aliphatic rings. The molecule has 0 aliphatic heterocycles. The molecule has 1 N–H and O–H groups in total. The first kappa shape index (κ1) is 16.0. The van der Waals surface area contributed by atoms with Gasteiger partial charge >= 0.3 is 0 Å². The van der Waals surface area contributed by atoms with Gasteiger partial charge in [0.05, 0.1) is 5.69 Å². The Hall–Kier alpha value is -1.39. The van der Waals surface area contributed by atoms with Crippen LogP contribution in [0.25, 0.3) is 0 Å². The molecule has 2 rings (SSSR count). The third-order valence-corrected chi connectivity index (χ3v) is 4.01. The first-order chi connectivity index (χ1) is 10.1. The van der Waals surface area contributed by atoms with Gasteiger partial charge in [-0.2, -0.15) is 0 Å². The molecule has 0 fully saturated rings. The number of hydrogen-bond acceptors (Lipinski definition) is 3. The van der Waals surface area contributed by atoms with Crippen molar-refractivity contribution in [3.05, 3.63) is 52.3 Å². The van der Waals surface area contributed by atoms with Crippen LogP contribution in [0.1, 0.15) is 37.6 Å². The Morgan fingerprint density at radius 3 is 2.81 bits per heavy atom. The van der Waals surface area contributed by atoms with E-state index in [2.05, 4.69) is 46.1 Å². The molecular weight excluding hydrogens is 328 g/mol. The number of rotatable bonds is 6. The van der Waals surface area contributed by atoms with E-state index in [4.69, 9.17) is 4.74 Å². The number of aryl methyl sites for hydroxylation is 1. The first-order valence-electron chi connectivity index (χ1n) is 7.24. The van der Waals surface area contributed by atoms with E-state index in [0.29, 0.717) is 6.04 Å². The first-order valence-corrected chi connectivity index (χ1v) is 8.03. The van der Waals surface area contributed by atoms with E-state index in [1.54, 1.807) is 6.20 Å². The fraction of sp³-hybridized carbons (Fsp3) is 0.353. The lowest BCUT2D eigenvalue weighted by Crippen LogP contribution is -2.19. The Labute approximate surface area is 134 Å². The predicted molar refractivity (Wildman–Crippen MR) is 89.9 cm³/mol. The van der Waals surface area contributed by atoms with Crippen LogP contribution in [0, 0.1) is 6.92 Å². The van der Waals surface area contributed by atoms with E-state index in [9.17, 15) is 0 Å². The van der Waals surface area contributed by atoms with Crippen molar-refractivity contribution in [2.45, 2.75) is 33.2 Å². The van der Waals surface area contributed by atoms with Gasteiger partial charge in [-0.25, -0.2) is 0 Å². The van der Waals surface area contributed by atoms with Crippen molar-refractivity contribution in [3.63, 3.8) is 0 Å². The maximum Gasteiger partial charge on any atom is 0.148 e. The quantitative estimate of drug-likeness (QED) is 0.796. The third kappa shape index (κ3) is 4.29. The van der Waals surface area contributed by atoms with Gasteiger partial charge in [0.2, 0.25) is 0 Å². The molecular formula is C17H21BrN2O. The highest BCUT2D eigenvalue weighted by atomic mass is 79.9. The number of halogens is 1. The molecule has 0 radical (unpaired) electrons. The summed E-state index contributed by atoms with van der Waals surface area (Å²) in [5.41, 5.74) is 2.12. The average molecular weight is 349 g/mol. The molecule has 0 aliphatic carbocycles. The van der Waals surface area contributed by atoms with E-state index in [0.717, 1.165) is 34.6 Å². The van der Waals surface area contributed by atoms with Crippen LogP contribution >= 0.6 is 15.9 Å². The zero-order valence-electron chi connectivity index (χ0n) is 12.7. The minimum atomic E-state index is 0.313. The van der Waals surface area contributed by atoms with Crippen molar-refractivity contribution in [2.75, 3.05) is 6.54 Å². The molecule has 2 aromatic rings. The van der Waals surface area contributed by atoms with Crippen molar-refractivity contribution in [2.24, 2.45) is 0 Å². The third-order valence-electron chi connectivity index (χ3n) is 3.33. The Morgan fingerprint density at radius 2 is 2.14 bits per heavy atom. The summed E-state index contributed by atoms with van der Waals surface area (Å²) in [5.74, 6) is 1.60. The Balaban J connectivity index is 2.14. The van der Waals surface area contributed by atoms with E-state index in [1.807, 2.05) is 31.2 Å². The second-order valence-electron chi connectivity index (χ2n) is 5.05. The molecule has 4 heteroatoms. The number of nitrogens with zero attached hydrogens (tertiary/aromatic N) is 1. The van der Waals surface area contributed by atoms with Crippen molar-refractivity contribution in [1.29, 1.82) is 0 Å². The molecule has 112 valence electrons. The molecule has 3 nitrogen and oxygen atoms in total. The summed E-state index contributed by atoms with van der Waals surface area (Å²) in [6.45, 7) is 7.29. The topological polar surface area (TPSA) is 34.1 Å². The van der Waals surface area contributed by atoms with E-state index >= 15 is 0 Å². The highest BCUT2D eigenvalue weighted by Gasteiger charge is 2.10. The zero-order chi connectivity index (χ0) is 15.2. The van der Waals surface area contributed by atoms with Crippen LogP contribution in [0.2, 0.25) is 0 Å². The summed E-state index contributed by atoms with van der Waals surface area (Å²) in [5, 5.41) is 3.49. The van der Waals surface area contributed by atoms with E-state index in [1.165, 1.54) is 5.56 Å². The predicted octanol–water partition coefficient (Wildman–Crippen LogP) is 5.01. The molecule has 0 saturated carbocycles. The number of ether oxygens (including phenoxy) is 1. The number of pyridine rings is 1. The van der Waals surface area contributed by atoms with Gasteiger partial charge in [0.15, 0.2) is 0 Å². The number of benzene rings is 1. The van der Waals surface area contributed by atoms with Crippen LogP contribution < -0.4 is 10.1 Å². The summed E-state index contributed by atoms with van der Waals surface area (Å²) in [7, 11) is 0. The summed E-state index contributed by atoms with van der Waals surface area (Å²) in [6.07, 6.45) is 2.89. The second kappa shape index (κ2) is 7.57. The van der Waals surface area contributed by atoms with E-state index in [-0.39, 0.29) is 0 Å². The SMILES string of the molecule is CCCNC(C)c1ccc(Oc2cccnc2C)cc1Br. The van der Waals surface area contributed by atoms with Crippen molar-refractivity contribution >= 4 is 15.9 Å². The van der Waals surface area contributed by atoms with Gasteiger partial charge in [-0.3, -0.25) is 4.98 Å². The van der Waals surface area contributed by atoms with Gasteiger partial charge in [-0.1, -0.05) is 28.9 Å². The molecule has 21 heavy (non-hydrogen) atoms. The maximum absolute atomic E-state index is 5.89. The lowest BCUT2D eigenvalue weighted by molar-refractivity contribution is 0.474. The van der Waals surface area contributed by atoms with Gasteiger partial charge < -0.3 is 10.1 Å². The van der Waals surface area contributed by atoms with Gasteiger partial charge in [0, 0.05) is 16.7 Å². The minimum Gasteiger partial charge on any atom is -0.455 e. The Bertz CT molecular complexity index is 601. The Kier molecular flexibility index (Phi) is 5.76. The summed E-state index contributed by atoms with van der Waals surface area (Å²) < 4.78 is 6.95. The van der Waals surface area contributed by atoms with Gasteiger partial charge in [0.25, 0.3) is 0 Å². The standard InChI is InChI=1S/C17H21BrN2O/c1-4-9-19-12(2)15-8-7-14(11-16(15)18)21-17-6-5-10-20-13(17)3/h5-8,10-12,19H,4,9H2,1-3H3. The molecule has 1 aromatic carbocycles. The fourth-order valence-corrected chi connectivity index (χ4v) is 2.80. The highest BCUT2D eigenvalue weighted by molar-refractivity contribution is 9.10. The largest absolute Gasteiger partial charge is 0.455 e. The van der Waals surface area contributed by atoms with Crippen molar-refractivity contribution in [3.8, 4) is 11.5 Å². The van der Waals surface area contributed by atoms with E-state index < -0.39 is 0 Å². The summed E-state index contributed by atoms with van der Waals surface area (Å²) >= 11 is 3.64. The van der Waals surface area contributed by atoms with Gasteiger partial charge in [0.1, 0.15) is 11.5 Å². The molecule has 0 amide bonds. The van der Waals surface area contributed by atoms with Crippen LogP contribution in [-0.4, -0.2) is 11.5 Å². The molecule has 1 heterocycles. The van der Waals surface area contributed by atoms with Gasteiger partial charge in [-0.15, -0.1) is 0 Å². The molecule has 0 bridgehead atoms. The van der Waals surface area contributed by atoms with Crippen LogP contribution in [0.3, 0.4) is 0 Å². The fourth-order valence-electron chi connectivity index (χ4n) is 2.10. The second-order valence-corrected chi connectivity index (χ2v) is 5.90. The minimum absolute atomic E-state index is 0.313. The molecule has 1 unspecified atom stereocenters. The monoisotopic (exact) mass is 348 g/mol. The average Bonchev–Trinajstić information content (AvgIpc) is 2.47. The number of aromatic nitrogens is 1.